The van der Waals surface area contributed by atoms with Crippen molar-refractivity contribution in [3.8, 4) is 11.5 Å². The first-order valence-electron chi connectivity index (χ1n) is 10.1. The number of amides is 2. The van der Waals surface area contributed by atoms with Crippen LogP contribution in [-0.4, -0.2) is 68.0 Å². The lowest BCUT2D eigenvalue weighted by atomic mass is 9.82. The van der Waals surface area contributed by atoms with Crippen molar-refractivity contribution in [2.24, 2.45) is 0 Å². The van der Waals surface area contributed by atoms with E-state index < -0.39 is 27.4 Å². The van der Waals surface area contributed by atoms with Crippen LogP contribution in [0.15, 0.2) is 29.7 Å². The van der Waals surface area contributed by atoms with Gasteiger partial charge in [-0.05, 0) is 18.2 Å². The van der Waals surface area contributed by atoms with Gasteiger partial charge in [0.2, 0.25) is 5.91 Å². The number of hydrogen-bond acceptors (Lipinski definition) is 7. The minimum absolute atomic E-state index is 0.0112. The van der Waals surface area contributed by atoms with E-state index >= 15 is 0 Å². The summed E-state index contributed by atoms with van der Waals surface area (Å²) in [5, 5.41) is 3.68. The van der Waals surface area contributed by atoms with Crippen molar-refractivity contribution in [2.75, 3.05) is 25.4 Å². The monoisotopic (exact) mass is 448 g/mol. The first kappa shape index (κ1) is 21.4. The summed E-state index contributed by atoms with van der Waals surface area (Å²) in [6.45, 7) is 2.32. The Hall–Kier alpha value is -2.88. The smallest absolute Gasteiger partial charge is 0.258 e. The third kappa shape index (κ3) is 4.73. The Labute approximate surface area is 180 Å². The van der Waals surface area contributed by atoms with Gasteiger partial charge in [-0.25, -0.2) is 8.42 Å². The number of ketones is 1. The number of ether oxygens (including phenoxy) is 2. The number of carbonyl (C=O) groups is 3. The van der Waals surface area contributed by atoms with Crippen molar-refractivity contribution in [1.29, 1.82) is 0 Å². The van der Waals surface area contributed by atoms with Gasteiger partial charge in [-0.15, -0.1) is 0 Å². The van der Waals surface area contributed by atoms with Crippen LogP contribution < -0.4 is 14.8 Å². The normalized spacial score (nSPS) is 23.2. The van der Waals surface area contributed by atoms with Crippen LogP contribution in [0.4, 0.5) is 0 Å². The molecule has 10 heteroatoms. The van der Waals surface area contributed by atoms with Crippen molar-refractivity contribution in [3.05, 3.63) is 35.2 Å². The van der Waals surface area contributed by atoms with Gasteiger partial charge in [-0.1, -0.05) is 0 Å². The molecule has 0 bridgehead atoms. The number of hydrogen-bond donors (Lipinski definition) is 1. The maximum atomic E-state index is 12.7. The molecule has 3 heterocycles. The number of benzene rings is 1. The lowest BCUT2D eigenvalue weighted by Gasteiger charge is -2.43. The van der Waals surface area contributed by atoms with Gasteiger partial charge in [0.05, 0.1) is 23.8 Å². The largest absolute Gasteiger partial charge is 0.486 e. The minimum Gasteiger partial charge on any atom is -0.486 e. The van der Waals surface area contributed by atoms with Crippen LogP contribution in [0.25, 0.3) is 0 Å². The first-order valence-corrected chi connectivity index (χ1v) is 11.8. The SMILES string of the molecule is CC(=O)N1CCC2(CC1)CC(=O)c1ccc(OCC(=O)N[C@H]3C=CS(=O)(=O)C3)cc1O2. The van der Waals surface area contributed by atoms with Gasteiger partial charge in [0.1, 0.15) is 17.1 Å². The fraction of sp³-hybridized carbons (Fsp3) is 0.476. The van der Waals surface area contributed by atoms with Crippen molar-refractivity contribution in [3.63, 3.8) is 0 Å². The van der Waals surface area contributed by atoms with Gasteiger partial charge in [0.25, 0.3) is 5.91 Å². The average molecular weight is 448 g/mol. The van der Waals surface area contributed by atoms with Gasteiger partial charge in [-0.3, -0.25) is 14.4 Å². The molecular formula is C21H24N2O7S. The highest BCUT2D eigenvalue weighted by molar-refractivity contribution is 7.94. The number of sulfone groups is 1. The lowest BCUT2D eigenvalue weighted by Crippen LogP contribution is -2.51. The molecular weight excluding hydrogens is 424 g/mol. The van der Waals surface area contributed by atoms with Gasteiger partial charge < -0.3 is 19.7 Å². The predicted octanol–water partition coefficient (Wildman–Crippen LogP) is 0.839. The van der Waals surface area contributed by atoms with Crippen molar-refractivity contribution < 1.29 is 32.3 Å². The Morgan fingerprint density at radius 2 is 2.03 bits per heavy atom. The number of piperidine rings is 1. The number of rotatable bonds is 4. The molecule has 1 aromatic carbocycles. The fourth-order valence-electron chi connectivity index (χ4n) is 4.14. The zero-order valence-electron chi connectivity index (χ0n) is 17.1. The summed E-state index contributed by atoms with van der Waals surface area (Å²) in [4.78, 5) is 38.1. The summed E-state index contributed by atoms with van der Waals surface area (Å²) in [5.74, 6) is 0.170. The zero-order chi connectivity index (χ0) is 22.2. The van der Waals surface area contributed by atoms with Crippen LogP contribution in [0.1, 0.15) is 36.5 Å². The fourth-order valence-corrected chi connectivity index (χ4v) is 5.37. The maximum absolute atomic E-state index is 12.7. The highest BCUT2D eigenvalue weighted by atomic mass is 32.2. The van der Waals surface area contributed by atoms with Crippen LogP contribution in [0.3, 0.4) is 0 Å². The lowest BCUT2D eigenvalue weighted by molar-refractivity contribution is -0.132. The summed E-state index contributed by atoms with van der Waals surface area (Å²) in [6, 6.07) is 4.25. The summed E-state index contributed by atoms with van der Waals surface area (Å²) in [5.41, 5.74) is -0.162. The molecule has 9 nitrogen and oxygen atoms in total. The van der Waals surface area contributed by atoms with Crippen molar-refractivity contribution >= 4 is 27.4 Å². The molecule has 0 saturated carbocycles. The van der Waals surface area contributed by atoms with E-state index in [4.69, 9.17) is 9.47 Å². The van der Waals surface area contributed by atoms with E-state index in [1.54, 1.807) is 23.1 Å². The summed E-state index contributed by atoms with van der Waals surface area (Å²) in [7, 11) is -3.25. The number of nitrogens with zero attached hydrogens (tertiary/aromatic N) is 1. The van der Waals surface area contributed by atoms with E-state index in [-0.39, 0.29) is 30.5 Å². The third-order valence-electron chi connectivity index (χ3n) is 5.83. The summed E-state index contributed by atoms with van der Waals surface area (Å²) >= 11 is 0. The molecule has 4 rings (SSSR count). The standard InChI is InChI=1S/C21H24N2O7S/c1-14(24)23-7-5-21(6-8-23)11-18(25)17-3-2-16(10-19(17)30-21)29-12-20(26)22-15-4-9-31(27,28)13-15/h2-4,9-10,15H,5-8,11-13H2,1H3,(H,22,26)/t15-/m0/s1. The van der Waals surface area contributed by atoms with Crippen molar-refractivity contribution in [1.82, 2.24) is 10.2 Å². The van der Waals surface area contributed by atoms with E-state index in [9.17, 15) is 22.8 Å². The van der Waals surface area contributed by atoms with E-state index in [1.165, 1.54) is 13.0 Å². The molecule has 31 heavy (non-hydrogen) atoms. The number of nitrogens with one attached hydrogen (secondary N) is 1. The quantitative estimate of drug-likeness (QED) is 0.725. The van der Waals surface area contributed by atoms with E-state index in [0.717, 1.165) is 5.41 Å². The third-order valence-corrected chi connectivity index (χ3v) is 7.22. The molecule has 3 aliphatic heterocycles. The first-order chi connectivity index (χ1) is 14.6. The van der Waals surface area contributed by atoms with Crippen molar-refractivity contribution in [2.45, 2.75) is 37.8 Å². The van der Waals surface area contributed by atoms with Gasteiger partial charge >= 0.3 is 0 Å². The summed E-state index contributed by atoms with van der Waals surface area (Å²) < 4.78 is 34.6. The Balaban J connectivity index is 1.38. The van der Waals surface area contributed by atoms with Crippen LogP contribution in [0.2, 0.25) is 0 Å². The van der Waals surface area contributed by atoms with Crippen LogP contribution >= 0.6 is 0 Å². The topological polar surface area (TPSA) is 119 Å². The second-order valence-corrected chi connectivity index (χ2v) is 10.1. The van der Waals surface area contributed by atoms with Gasteiger partial charge in [0, 0.05) is 44.3 Å². The zero-order valence-corrected chi connectivity index (χ0v) is 17.9. The van der Waals surface area contributed by atoms with Gasteiger partial charge in [-0.2, -0.15) is 0 Å². The molecule has 2 amide bonds. The predicted molar refractivity (Wildman–Crippen MR) is 111 cm³/mol. The van der Waals surface area contributed by atoms with E-state index in [0.29, 0.717) is 43.0 Å². The molecule has 166 valence electrons. The molecule has 1 saturated heterocycles. The Morgan fingerprint density at radius 1 is 1.29 bits per heavy atom. The Morgan fingerprint density at radius 3 is 2.68 bits per heavy atom. The molecule has 0 aliphatic carbocycles. The second-order valence-electron chi connectivity index (χ2n) is 8.17. The number of likely N-dealkylation sites (tertiary alicyclic amines) is 1. The Bertz CT molecular complexity index is 1060. The summed E-state index contributed by atoms with van der Waals surface area (Å²) in [6.07, 6.45) is 2.85. The number of carbonyl (C=O) groups excluding carboxylic acids is 3. The molecule has 1 atom stereocenters. The molecule has 1 N–H and O–H groups in total. The van der Waals surface area contributed by atoms with E-state index in [1.807, 2.05) is 0 Å². The second kappa shape index (κ2) is 7.99. The molecule has 1 spiro atoms. The highest BCUT2D eigenvalue weighted by Gasteiger charge is 2.43. The molecule has 0 radical (unpaired) electrons. The van der Waals surface area contributed by atoms with Crippen LogP contribution in [-0.2, 0) is 19.4 Å². The highest BCUT2D eigenvalue weighted by Crippen LogP contribution is 2.40. The van der Waals surface area contributed by atoms with Gasteiger partial charge in [0.15, 0.2) is 22.2 Å². The molecule has 3 aliphatic rings. The van der Waals surface area contributed by atoms with E-state index in [2.05, 4.69) is 5.32 Å². The maximum Gasteiger partial charge on any atom is 0.258 e. The molecule has 1 fully saturated rings. The van der Waals surface area contributed by atoms with Crippen LogP contribution in [0.5, 0.6) is 11.5 Å². The Kier molecular flexibility index (Phi) is 5.50. The molecule has 0 aromatic heterocycles. The average Bonchev–Trinajstić information content (AvgIpc) is 3.04. The number of Topliss-reactive ketones (excluding diaryl/α,β-unsaturated/α-hetero) is 1. The van der Waals surface area contributed by atoms with Crippen LogP contribution in [0, 0.1) is 0 Å². The minimum atomic E-state index is -3.25. The molecule has 0 unspecified atom stereocenters. The molecule has 1 aromatic rings. The number of fused-ring (bicyclic) bond motifs is 1.